The van der Waals surface area contributed by atoms with Crippen LogP contribution in [0.3, 0.4) is 0 Å². The summed E-state index contributed by atoms with van der Waals surface area (Å²) in [5.74, 6) is 0.778. The number of carbonyl (C=O) groups is 1. The van der Waals surface area contributed by atoms with Crippen molar-refractivity contribution in [1.82, 2.24) is 0 Å². The van der Waals surface area contributed by atoms with E-state index in [0.29, 0.717) is 24.7 Å². The molecule has 1 saturated heterocycles. The molecule has 3 heteroatoms. The van der Waals surface area contributed by atoms with Crippen molar-refractivity contribution < 1.29 is 14.6 Å². The molecule has 0 aromatic rings. The summed E-state index contributed by atoms with van der Waals surface area (Å²) in [6, 6.07) is 0. The summed E-state index contributed by atoms with van der Waals surface area (Å²) >= 11 is 0. The fourth-order valence-electron chi connectivity index (χ4n) is 5.10. The number of hydrogen-bond acceptors (Lipinski definition) is 3. The van der Waals surface area contributed by atoms with Gasteiger partial charge in [-0.2, -0.15) is 0 Å². The fourth-order valence-corrected chi connectivity index (χ4v) is 5.10. The molecular formula is C20H30O3. The van der Waals surface area contributed by atoms with Gasteiger partial charge in [0.2, 0.25) is 0 Å². The van der Waals surface area contributed by atoms with Crippen molar-refractivity contribution in [2.45, 2.75) is 77.4 Å². The van der Waals surface area contributed by atoms with Crippen molar-refractivity contribution in [1.29, 1.82) is 0 Å². The first-order valence-corrected chi connectivity index (χ1v) is 9.01. The van der Waals surface area contributed by atoms with Gasteiger partial charge in [0.1, 0.15) is 5.60 Å². The van der Waals surface area contributed by atoms with Crippen molar-refractivity contribution in [3.63, 3.8) is 0 Å². The molecule has 0 amide bonds. The number of hydrogen-bond donors (Lipinski definition) is 1. The lowest BCUT2D eigenvalue weighted by Crippen LogP contribution is -2.47. The van der Waals surface area contributed by atoms with E-state index >= 15 is 0 Å². The van der Waals surface area contributed by atoms with Gasteiger partial charge in [0.05, 0.1) is 6.10 Å². The van der Waals surface area contributed by atoms with E-state index in [1.807, 2.05) is 13.0 Å². The van der Waals surface area contributed by atoms with E-state index in [2.05, 4.69) is 20.4 Å². The molecule has 1 aliphatic carbocycles. The quantitative estimate of drug-likeness (QED) is 0.583. The Morgan fingerprint density at radius 2 is 2.09 bits per heavy atom. The number of allylic oxidation sites excluding steroid dienone is 2. The number of aliphatic hydroxyl groups excluding tert-OH is 1. The highest BCUT2D eigenvalue weighted by Gasteiger charge is 2.50. The first-order chi connectivity index (χ1) is 10.8. The van der Waals surface area contributed by atoms with Crippen LogP contribution in [0.2, 0.25) is 0 Å². The molecule has 2 aliphatic heterocycles. The van der Waals surface area contributed by atoms with Crippen LogP contribution in [0.5, 0.6) is 0 Å². The minimum Gasteiger partial charge on any atom is -0.453 e. The lowest BCUT2D eigenvalue weighted by Gasteiger charge is -2.42. The standard InChI is InChI=1S/C20H30O3/c1-13(2)15-9-11-19(3)12-17(21)20(4)10-5-6-14(18(22)23-20)7-8-16(15)19/h6,15-17,21H,1,5,7-12H2,2-4H3/t15-,16+,17+,19-,20+/m1/s1. The first-order valence-electron chi connectivity index (χ1n) is 9.01. The van der Waals surface area contributed by atoms with E-state index in [-0.39, 0.29) is 11.4 Å². The van der Waals surface area contributed by atoms with Gasteiger partial charge in [-0.25, -0.2) is 4.79 Å². The van der Waals surface area contributed by atoms with Gasteiger partial charge in [0.15, 0.2) is 0 Å². The average molecular weight is 318 g/mol. The van der Waals surface area contributed by atoms with Crippen LogP contribution in [0.25, 0.3) is 0 Å². The van der Waals surface area contributed by atoms with Gasteiger partial charge in [-0.1, -0.05) is 25.2 Å². The maximum Gasteiger partial charge on any atom is 0.334 e. The molecule has 0 aromatic heterocycles. The van der Waals surface area contributed by atoms with E-state index in [0.717, 1.165) is 37.7 Å². The predicted octanol–water partition coefficient (Wildman–Crippen LogP) is 4.16. The maximum atomic E-state index is 12.4. The first kappa shape index (κ1) is 16.8. The Kier molecular flexibility index (Phi) is 4.20. The van der Waals surface area contributed by atoms with Gasteiger partial charge in [-0.05, 0) is 76.0 Å². The SMILES string of the molecule is C=C(C)[C@H]1CC[C@]2(C)C[C@H](O)[C@]3(C)CCC=C(CC[C@@H]12)C(=O)O3. The lowest BCUT2D eigenvalue weighted by atomic mass is 9.68. The van der Waals surface area contributed by atoms with E-state index in [9.17, 15) is 9.90 Å². The Morgan fingerprint density at radius 3 is 2.78 bits per heavy atom. The Labute approximate surface area is 139 Å². The number of esters is 1. The number of fused-ring (bicyclic) bond motifs is 4. The highest BCUT2D eigenvalue weighted by atomic mass is 16.6. The van der Waals surface area contributed by atoms with Crippen LogP contribution in [0.15, 0.2) is 23.8 Å². The average Bonchev–Trinajstić information content (AvgIpc) is 2.69. The van der Waals surface area contributed by atoms with Crippen molar-refractivity contribution in [2.24, 2.45) is 17.3 Å². The molecule has 128 valence electrons. The summed E-state index contributed by atoms with van der Waals surface area (Å²) in [5.41, 5.74) is 1.39. The summed E-state index contributed by atoms with van der Waals surface area (Å²) in [6.45, 7) is 10.5. The monoisotopic (exact) mass is 318 g/mol. The van der Waals surface area contributed by atoms with Gasteiger partial charge >= 0.3 is 5.97 Å². The third-order valence-electron chi connectivity index (χ3n) is 6.75. The third-order valence-corrected chi connectivity index (χ3v) is 6.75. The fraction of sp³-hybridized carbons (Fsp3) is 0.750. The number of ether oxygens (including phenoxy) is 1. The van der Waals surface area contributed by atoms with Crippen molar-refractivity contribution in [2.75, 3.05) is 0 Å². The zero-order valence-electron chi connectivity index (χ0n) is 14.7. The third kappa shape index (κ3) is 2.88. The summed E-state index contributed by atoms with van der Waals surface area (Å²) < 4.78 is 5.74. The summed E-state index contributed by atoms with van der Waals surface area (Å²) in [4.78, 5) is 12.4. The van der Waals surface area contributed by atoms with Gasteiger partial charge in [-0.3, -0.25) is 0 Å². The topological polar surface area (TPSA) is 46.5 Å². The number of rotatable bonds is 1. The van der Waals surface area contributed by atoms with E-state index in [1.54, 1.807) is 0 Å². The molecular weight excluding hydrogens is 288 g/mol. The maximum absolute atomic E-state index is 12.4. The Morgan fingerprint density at radius 1 is 1.35 bits per heavy atom. The van der Waals surface area contributed by atoms with Crippen LogP contribution in [0.1, 0.15) is 65.7 Å². The highest BCUT2D eigenvalue weighted by Crippen LogP contribution is 2.55. The minimum atomic E-state index is -0.762. The second-order valence-electron chi connectivity index (χ2n) is 8.48. The van der Waals surface area contributed by atoms with Crippen LogP contribution in [-0.4, -0.2) is 22.8 Å². The van der Waals surface area contributed by atoms with Gasteiger partial charge < -0.3 is 9.84 Å². The zero-order chi connectivity index (χ0) is 16.8. The minimum absolute atomic E-state index is 0.101. The molecule has 1 saturated carbocycles. The van der Waals surface area contributed by atoms with Crippen molar-refractivity contribution in [3.8, 4) is 0 Å². The summed E-state index contributed by atoms with van der Waals surface area (Å²) in [7, 11) is 0. The highest BCUT2D eigenvalue weighted by molar-refractivity contribution is 5.89. The number of carbonyl (C=O) groups excluding carboxylic acids is 1. The number of aliphatic hydroxyl groups is 1. The molecule has 0 spiro atoms. The van der Waals surface area contributed by atoms with Crippen LogP contribution in [0, 0.1) is 17.3 Å². The Bertz CT molecular complexity index is 549. The lowest BCUT2D eigenvalue weighted by molar-refractivity contribution is -0.170. The molecule has 0 radical (unpaired) electrons. The van der Waals surface area contributed by atoms with E-state index < -0.39 is 11.7 Å². The van der Waals surface area contributed by atoms with Crippen molar-refractivity contribution >= 4 is 5.97 Å². The smallest absolute Gasteiger partial charge is 0.334 e. The summed E-state index contributed by atoms with van der Waals surface area (Å²) in [5, 5.41) is 10.9. The van der Waals surface area contributed by atoms with Gasteiger partial charge in [0.25, 0.3) is 0 Å². The summed E-state index contributed by atoms with van der Waals surface area (Å²) in [6.07, 6.45) is 7.69. The molecule has 2 fully saturated rings. The Hall–Kier alpha value is -1.09. The molecule has 5 atom stereocenters. The van der Waals surface area contributed by atoms with E-state index in [4.69, 9.17) is 4.74 Å². The molecule has 23 heavy (non-hydrogen) atoms. The zero-order valence-corrected chi connectivity index (χ0v) is 14.7. The molecule has 1 N–H and O–H groups in total. The molecule has 2 bridgehead atoms. The molecule has 3 nitrogen and oxygen atoms in total. The van der Waals surface area contributed by atoms with Crippen LogP contribution in [0.4, 0.5) is 0 Å². The molecule has 2 heterocycles. The molecule has 3 rings (SSSR count). The van der Waals surface area contributed by atoms with Crippen LogP contribution < -0.4 is 0 Å². The van der Waals surface area contributed by atoms with Crippen molar-refractivity contribution in [3.05, 3.63) is 23.8 Å². The largest absolute Gasteiger partial charge is 0.453 e. The Balaban J connectivity index is 1.98. The van der Waals surface area contributed by atoms with E-state index in [1.165, 1.54) is 5.57 Å². The second-order valence-corrected chi connectivity index (χ2v) is 8.48. The normalized spacial score (nSPS) is 44.1. The molecule has 0 unspecified atom stereocenters. The molecule has 3 aliphatic rings. The second kappa shape index (κ2) is 5.77. The molecule has 0 aromatic carbocycles. The van der Waals surface area contributed by atoms with Gasteiger partial charge in [0, 0.05) is 5.57 Å². The van der Waals surface area contributed by atoms with Crippen LogP contribution in [-0.2, 0) is 9.53 Å². The van der Waals surface area contributed by atoms with Crippen LogP contribution >= 0.6 is 0 Å². The predicted molar refractivity (Wildman–Crippen MR) is 90.8 cm³/mol. The van der Waals surface area contributed by atoms with Gasteiger partial charge in [-0.15, -0.1) is 0 Å².